The Balaban J connectivity index is 1.88. The van der Waals surface area contributed by atoms with Gasteiger partial charge in [0, 0.05) is 16.6 Å². The first-order chi connectivity index (χ1) is 11.8. The highest BCUT2D eigenvalue weighted by atomic mass is 35.5. The largest absolute Gasteiger partial charge is 0.492 e. The number of ether oxygens (including phenoxy) is 1. The van der Waals surface area contributed by atoms with E-state index in [1.165, 1.54) is 6.07 Å². The van der Waals surface area contributed by atoms with Gasteiger partial charge in [-0.1, -0.05) is 61.3 Å². The summed E-state index contributed by atoms with van der Waals surface area (Å²) in [6.45, 7) is 4.60. The summed E-state index contributed by atoms with van der Waals surface area (Å²) in [5.74, 6) is 0.906. The van der Waals surface area contributed by atoms with E-state index in [-0.39, 0.29) is 18.9 Å². The first-order valence-corrected chi connectivity index (χ1v) is 10.3. The molecule has 0 aliphatic heterocycles. The predicted molar refractivity (Wildman–Crippen MR) is 103 cm³/mol. The van der Waals surface area contributed by atoms with E-state index in [1.807, 2.05) is 24.3 Å². The van der Waals surface area contributed by atoms with Crippen LogP contribution < -0.4 is 9.46 Å². The predicted octanol–water partition coefficient (Wildman–Crippen LogP) is 4.62. The summed E-state index contributed by atoms with van der Waals surface area (Å²) in [4.78, 5) is 0. The van der Waals surface area contributed by atoms with Crippen LogP contribution in [0.1, 0.15) is 30.9 Å². The molecule has 0 saturated carbocycles. The number of nitrogens with one attached hydrogen (secondary N) is 1. The van der Waals surface area contributed by atoms with Crippen LogP contribution in [0.2, 0.25) is 10.0 Å². The molecule has 2 aromatic carbocycles. The van der Waals surface area contributed by atoms with E-state index >= 15 is 0 Å². The maximum atomic E-state index is 12.2. The zero-order valence-corrected chi connectivity index (χ0v) is 16.5. The number of hydrogen-bond acceptors (Lipinski definition) is 3. The van der Waals surface area contributed by atoms with Gasteiger partial charge in [0.2, 0.25) is 10.0 Å². The summed E-state index contributed by atoms with van der Waals surface area (Å²) in [7, 11) is -3.51. The molecule has 0 spiro atoms. The highest BCUT2D eigenvalue weighted by molar-refractivity contribution is 7.88. The van der Waals surface area contributed by atoms with Crippen LogP contribution in [0.3, 0.4) is 0 Å². The molecule has 7 heteroatoms. The molecule has 0 radical (unpaired) electrons. The Morgan fingerprint density at radius 2 is 1.84 bits per heavy atom. The Morgan fingerprint density at radius 3 is 2.52 bits per heavy atom. The Morgan fingerprint density at radius 1 is 1.12 bits per heavy atom. The normalized spacial score (nSPS) is 11.7. The molecule has 0 aliphatic carbocycles. The van der Waals surface area contributed by atoms with Gasteiger partial charge >= 0.3 is 0 Å². The van der Waals surface area contributed by atoms with Crippen LogP contribution in [-0.2, 0) is 15.8 Å². The molecule has 0 unspecified atom stereocenters. The van der Waals surface area contributed by atoms with Crippen molar-refractivity contribution in [3.8, 4) is 5.75 Å². The number of sulfonamides is 1. The Hall–Kier alpha value is -1.27. The molecule has 0 aromatic heterocycles. The van der Waals surface area contributed by atoms with Crippen LogP contribution in [0.25, 0.3) is 0 Å². The molecule has 0 amide bonds. The maximum Gasteiger partial charge on any atom is 0.215 e. The van der Waals surface area contributed by atoms with Crippen LogP contribution in [0.5, 0.6) is 5.75 Å². The van der Waals surface area contributed by atoms with Crippen molar-refractivity contribution in [2.45, 2.75) is 25.5 Å². The minimum atomic E-state index is -3.51. The summed E-state index contributed by atoms with van der Waals surface area (Å²) < 4.78 is 32.6. The highest BCUT2D eigenvalue weighted by Gasteiger charge is 2.14. The average molecular weight is 402 g/mol. The molecule has 136 valence electrons. The van der Waals surface area contributed by atoms with Gasteiger partial charge in [-0.2, -0.15) is 0 Å². The summed E-state index contributed by atoms with van der Waals surface area (Å²) in [5, 5.41) is 0.802. The van der Waals surface area contributed by atoms with Gasteiger partial charge < -0.3 is 4.74 Å². The first kappa shape index (κ1) is 20.0. The lowest BCUT2D eigenvalue weighted by Gasteiger charge is -2.14. The van der Waals surface area contributed by atoms with Crippen molar-refractivity contribution in [2.75, 3.05) is 13.2 Å². The fourth-order valence-electron chi connectivity index (χ4n) is 2.34. The van der Waals surface area contributed by atoms with Crippen molar-refractivity contribution >= 4 is 33.2 Å². The number of benzene rings is 2. The number of rotatable bonds is 8. The number of hydrogen-bond donors (Lipinski definition) is 1. The third-order valence-corrected chi connectivity index (χ3v) is 5.51. The lowest BCUT2D eigenvalue weighted by atomic mass is 10.0. The van der Waals surface area contributed by atoms with E-state index in [2.05, 4.69) is 18.6 Å². The van der Waals surface area contributed by atoms with Crippen molar-refractivity contribution in [3.05, 3.63) is 63.6 Å². The standard InChI is InChI=1S/C18H21Cl2NO3S/c1-13(2)16-5-3-4-6-18(16)24-10-9-21-25(22,23)12-14-7-8-15(19)11-17(14)20/h3-8,11,13,21H,9-10,12H2,1-2H3. The Kier molecular flexibility index (Phi) is 7.14. The monoisotopic (exact) mass is 401 g/mol. The quantitative estimate of drug-likeness (QED) is 0.656. The summed E-state index contributed by atoms with van der Waals surface area (Å²) in [6.07, 6.45) is 0. The van der Waals surface area contributed by atoms with E-state index in [0.29, 0.717) is 21.5 Å². The fraction of sp³-hybridized carbons (Fsp3) is 0.333. The van der Waals surface area contributed by atoms with Gasteiger partial charge in [0.15, 0.2) is 0 Å². The molecule has 0 atom stereocenters. The van der Waals surface area contributed by atoms with Gasteiger partial charge in [0.05, 0.1) is 5.75 Å². The number of para-hydroxylation sites is 1. The van der Waals surface area contributed by atoms with Crippen molar-refractivity contribution < 1.29 is 13.2 Å². The molecule has 1 N–H and O–H groups in total. The lowest BCUT2D eigenvalue weighted by molar-refractivity contribution is 0.318. The Labute approximate surface area is 159 Å². The summed E-state index contributed by atoms with van der Waals surface area (Å²) >= 11 is 11.8. The zero-order chi connectivity index (χ0) is 18.4. The third-order valence-electron chi connectivity index (χ3n) is 3.58. The molecular formula is C18H21Cl2NO3S. The molecular weight excluding hydrogens is 381 g/mol. The van der Waals surface area contributed by atoms with Crippen LogP contribution in [-0.4, -0.2) is 21.6 Å². The molecule has 2 rings (SSSR count). The summed E-state index contributed by atoms with van der Waals surface area (Å²) in [5.41, 5.74) is 1.60. The second-order valence-electron chi connectivity index (χ2n) is 5.93. The topological polar surface area (TPSA) is 55.4 Å². The van der Waals surface area contributed by atoms with Gasteiger partial charge in [-0.05, 0) is 35.2 Å². The van der Waals surface area contributed by atoms with Gasteiger partial charge in [-0.15, -0.1) is 0 Å². The first-order valence-electron chi connectivity index (χ1n) is 7.91. The van der Waals surface area contributed by atoms with E-state index in [1.54, 1.807) is 12.1 Å². The highest BCUT2D eigenvalue weighted by Crippen LogP contribution is 2.25. The molecule has 0 bridgehead atoms. The van der Waals surface area contributed by atoms with E-state index < -0.39 is 10.0 Å². The van der Waals surface area contributed by atoms with Crippen LogP contribution in [0.4, 0.5) is 0 Å². The number of halogens is 2. The molecule has 4 nitrogen and oxygen atoms in total. The SMILES string of the molecule is CC(C)c1ccccc1OCCNS(=O)(=O)Cc1ccc(Cl)cc1Cl. The van der Waals surface area contributed by atoms with E-state index in [9.17, 15) is 8.42 Å². The third kappa shape index (κ3) is 6.19. The minimum Gasteiger partial charge on any atom is -0.492 e. The van der Waals surface area contributed by atoms with Crippen LogP contribution in [0, 0.1) is 0 Å². The van der Waals surface area contributed by atoms with Crippen molar-refractivity contribution in [2.24, 2.45) is 0 Å². The van der Waals surface area contributed by atoms with E-state index in [0.717, 1.165) is 11.3 Å². The lowest BCUT2D eigenvalue weighted by Crippen LogP contribution is -2.29. The molecule has 0 aliphatic rings. The van der Waals surface area contributed by atoms with Crippen LogP contribution >= 0.6 is 23.2 Å². The maximum absolute atomic E-state index is 12.2. The molecule has 0 fully saturated rings. The van der Waals surface area contributed by atoms with Crippen molar-refractivity contribution in [1.82, 2.24) is 4.72 Å². The van der Waals surface area contributed by atoms with Gasteiger partial charge in [-0.25, -0.2) is 13.1 Å². The Bertz CT molecular complexity index is 823. The summed E-state index contributed by atoms with van der Waals surface area (Å²) in [6, 6.07) is 12.5. The van der Waals surface area contributed by atoms with Gasteiger partial charge in [0.1, 0.15) is 12.4 Å². The smallest absolute Gasteiger partial charge is 0.215 e. The zero-order valence-electron chi connectivity index (χ0n) is 14.1. The molecule has 0 heterocycles. The second kappa shape index (κ2) is 8.90. The second-order valence-corrected chi connectivity index (χ2v) is 8.58. The fourth-order valence-corrected chi connectivity index (χ4v) is 4.05. The van der Waals surface area contributed by atoms with Crippen LogP contribution in [0.15, 0.2) is 42.5 Å². The molecule has 2 aromatic rings. The van der Waals surface area contributed by atoms with E-state index in [4.69, 9.17) is 27.9 Å². The molecule has 25 heavy (non-hydrogen) atoms. The van der Waals surface area contributed by atoms with Crippen molar-refractivity contribution in [3.63, 3.8) is 0 Å². The molecule has 0 saturated heterocycles. The van der Waals surface area contributed by atoms with Gasteiger partial charge in [-0.3, -0.25) is 0 Å². The minimum absolute atomic E-state index is 0.181. The van der Waals surface area contributed by atoms with Gasteiger partial charge in [0.25, 0.3) is 0 Å². The van der Waals surface area contributed by atoms with Crippen molar-refractivity contribution in [1.29, 1.82) is 0 Å². The average Bonchev–Trinajstić information content (AvgIpc) is 2.54.